The molecule has 0 rings (SSSR count). The first-order valence-corrected chi connectivity index (χ1v) is 0.816. The molecule has 0 saturated heterocycles. The van der Waals surface area contributed by atoms with Crippen molar-refractivity contribution >= 4 is 18.9 Å². The zero-order valence-corrected chi connectivity index (χ0v) is 6.01. The summed E-state index contributed by atoms with van der Waals surface area (Å²) in [5.41, 5.74) is 0. The van der Waals surface area contributed by atoms with Gasteiger partial charge in [0.15, 0.2) is 0 Å². The van der Waals surface area contributed by atoms with Crippen molar-refractivity contribution in [2.45, 2.75) is 0 Å². The van der Waals surface area contributed by atoms with Crippen LogP contribution in [0.15, 0.2) is 0 Å². The summed E-state index contributed by atoms with van der Waals surface area (Å²) in [7, 11) is 0. The zero-order valence-electron chi connectivity index (χ0n) is 4.97. The smallest absolute Gasteiger partial charge is 0 e. The van der Waals surface area contributed by atoms with E-state index in [9.17, 15) is 0 Å². The van der Waals surface area contributed by atoms with E-state index >= 15 is 0 Å². The monoisotopic (exact) mass is 178 g/mol. The minimum atomic E-state index is 0. The van der Waals surface area contributed by atoms with Crippen molar-refractivity contribution in [1.29, 1.82) is 0 Å². The van der Waals surface area contributed by atoms with Crippen LogP contribution in [0.2, 0.25) is 0 Å². The van der Waals surface area contributed by atoms with Crippen LogP contribution in [0, 0.1) is 26.6 Å². The van der Waals surface area contributed by atoms with Crippen molar-refractivity contribution in [1.82, 2.24) is 0 Å². The number of hydrogen-bond donors (Lipinski definition) is 0. The fraction of sp³-hybridized carbons (Fsp3) is 0. The molecule has 0 aliphatic heterocycles. The van der Waals surface area contributed by atoms with Gasteiger partial charge in [0.1, 0.15) is 0 Å². The van der Waals surface area contributed by atoms with E-state index in [0.29, 0.717) is 0 Å². The van der Waals surface area contributed by atoms with Crippen LogP contribution in [-0.2, 0) is 35.4 Å². The van der Waals surface area contributed by atoms with Gasteiger partial charge in [0.25, 0.3) is 0 Å². The number of hydrogen-bond acceptors (Lipinski definition) is 0. The molecule has 50 valence electrons. The Bertz CT molecular complexity index is 60.2. The fourth-order valence-electron chi connectivity index (χ4n) is 0. The van der Waals surface area contributed by atoms with E-state index in [1.165, 1.54) is 0 Å². The second kappa shape index (κ2) is 144000. The normalized spacial score (nSPS) is 0.800. The van der Waals surface area contributed by atoms with Gasteiger partial charge < -0.3 is 0 Å². The summed E-state index contributed by atoms with van der Waals surface area (Å²) in [6.07, 6.45) is 0. The molecule has 0 amide bonds. The topological polar surface area (TPSA) is 79.6 Å². The Morgan fingerprint density at radius 2 is 0.500 bits per heavy atom. The van der Waals surface area contributed by atoms with Gasteiger partial charge in [-0.1, -0.05) is 0 Å². The first-order valence-electron chi connectivity index (χ1n) is 0.816. The molecule has 0 N–H and O–H groups in total. The average Bonchev–Trinajstić information content (AvgIpc) is 2.03. The Kier molecular flexibility index (Phi) is 723000. The number of rotatable bonds is 0. The van der Waals surface area contributed by atoms with Crippen LogP contribution in [0.3, 0.4) is 0 Å². The second-order valence-corrected chi connectivity index (χ2v) is 0. The summed E-state index contributed by atoms with van der Waals surface area (Å²) < 4.78 is 30.0. The third-order valence-corrected chi connectivity index (χ3v) is 0. The first-order chi connectivity index (χ1) is 4.00. The molecule has 0 bridgehead atoms. The molecule has 6 heteroatoms. The summed E-state index contributed by atoms with van der Waals surface area (Å²) in [6.45, 7) is 18.0. The first kappa shape index (κ1) is 50.1. The summed E-state index contributed by atoms with van der Waals surface area (Å²) >= 11 is 0. The molecule has 0 unspecified atom stereocenters. The molecule has 10 heavy (non-hydrogen) atoms. The summed E-state index contributed by atoms with van der Waals surface area (Å²) in [5.74, 6) is 0. The molecule has 0 heterocycles. The molecule has 0 saturated carbocycles. The fourth-order valence-corrected chi connectivity index (χ4v) is 0. The van der Waals surface area contributed by atoms with Crippen molar-refractivity contribution in [3.8, 4) is 0 Å². The molecular weight excluding hydrogens is 178 g/mol. The van der Waals surface area contributed by atoms with Gasteiger partial charge in [-0.2, -0.15) is 0 Å². The SMILES string of the molecule is [C-]#[O+].[C-]#[O+].[C-]#[O+].[C-]#[O+].[Co].[Li]. The van der Waals surface area contributed by atoms with Crippen LogP contribution in [0.25, 0.3) is 0 Å². The largest absolute Gasteiger partial charge is 0 e. The average molecular weight is 178 g/mol. The third kappa shape index (κ3) is 98600. The molecule has 0 aliphatic rings. The van der Waals surface area contributed by atoms with Crippen LogP contribution in [0.4, 0.5) is 0 Å². The third-order valence-electron chi connectivity index (χ3n) is 0. The minimum Gasteiger partial charge on any atom is 0 e. The van der Waals surface area contributed by atoms with Gasteiger partial charge in [-0.15, -0.1) is 0 Å². The van der Waals surface area contributed by atoms with E-state index in [0.717, 1.165) is 0 Å². The Labute approximate surface area is 81.0 Å². The molecule has 2 radical (unpaired) electrons. The minimum absolute atomic E-state index is 0. The molecule has 0 aromatic carbocycles. The standard InChI is InChI=1S/4CO.Co.Li/c4*1-2;;. The van der Waals surface area contributed by atoms with E-state index in [2.05, 4.69) is 26.6 Å². The maximum absolute atomic E-state index is 7.50. The molecule has 0 aromatic rings. The molecular formula is C4CoLiO4. The quantitative estimate of drug-likeness (QED) is 0.271. The van der Waals surface area contributed by atoms with E-state index in [1.54, 1.807) is 0 Å². The Hall–Kier alpha value is 0.0639. The van der Waals surface area contributed by atoms with Crippen LogP contribution in [0.5, 0.6) is 0 Å². The Morgan fingerprint density at radius 1 is 0.500 bits per heavy atom. The maximum Gasteiger partial charge on any atom is 0 e. The van der Waals surface area contributed by atoms with Crippen molar-refractivity contribution in [3.63, 3.8) is 0 Å². The van der Waals surface area contributed by atoms with Gasteiger partial charge in [-0.05, 0) is 0 Å². The van der Waals surface area contributed by atoms with Gasteiger partial charge in [0.05, 0.1) is 0 Å². The van der Waals surface area contributed by atoms with E-state index < -0.39 is 0 Å². The predicted octanol–water partition coefficient (Wildman–Crippen LogP) is -0.533. The molecule has 0 atom stereocenters. The van der Waals surface area contributed by atoms with Gasteiger partial charge in [-0.25, -0.2) is 0 Å². The van der Waals surface area contributed by atoms with Gasteiger partial charge in [0, 0.05) is 35.6 Å². The Morgan fingerprint density at radius 3 is 0.500 bits per heavy atom. The van der Waals surface area contributed by atoms with E-state index in [-0.39, 0.29) is 35.6 Å². The Balaban J connectivity index is -0.00000000500. The van der Waals surface area contributed by atoms with Crippen LogP contribution >= 0.6 is 0 Å². The van der Waals surface area contributed by atoms with Gasteiger partial charge in [-0.3, -0.25) is 0 Å². The summed E-state index contributed by atoms with van der Waals surface area (Å²) in [6, 6.07) is 0. The molecule has 0 aliphatic carbocycles. The van der Waals surface area contributed by atoms with E-state index in [1.807, 2.05) is 0 Å². The second-order valence-electron chi connectivity index (χ2n) is 0. The maximum atomic E-state index is 7.50. The van der Waals surface area contributed by atoms with Crippen molar-refractivity contribution in [2.75, 3.05) is 0 Å². The van der Waals surface area contributed by atoms with Crippen LogP contribution in [0.1, 0.15) is 0 Å². The van der Waals surface area contributed by atoms with Crippen LogP contribution in [-0.4, -0.2) is 18.9 Å². The van der Waals surface area contributed by atoms with Crippen molar-refractivity contribution in [2.24, 2.45) is 0 Å². The molecule has 4 nitrogen and oxygen atoms in total. The molecule has 0 fully saturated rings. The molecule has 0 aromatic heterocycles. The molecule has 0 spiro atoms. The van der Waals surface area contributed by atoms with Crippen molar-refractivity contribution < 1.29 is 35.4 Å². The van der Waals surface area contributed by atoms with E-state index in [4.69, 9.17) is 18.6 Å². The zero-order chi connectivity index (χ0) is 8.00. The predicted molar refractivity (Wildman–Crippen MR) is 21.5 cm³/mol. The van der Waals surface area contributed by atoms with Gasteiger partial charge in [0.2, 0.25) is 0 Å². The summed E-state index contributed by atoms with van der Waals surface area (Å²) in [4.78, 5) is 0. The van der Waals surface area contributed by atoms with Crippen molar-refractivity contribution in [3.05, 3.63) is 26.6 Å². The summed E-state index contributed by atoms with van der Waals surface area (Å²) in [5, 5.41) is 0. The van der Waals surface area contributed by atoms with Gasteiger partial charge >= 0.3 is 45.2 Å². The van der Waals surface area contributed by atoms with Crippen LogP contribution < -0.4 is 0 Å².